The molecule has 0 spiro atoms. The first-order valence-electron chi connectivity index (χ1n) is 9.83. The van der Waals surface area contributed by atoms with Gasteiger partial charge in [0.2, 0.25) is 5.91 Å². The third-order valence-electron chi connectivity index (χ3n) is 5.34. The number of halogens is 2. The van der Waals surface area contributed by atoms with Gasteiger partial charge in [0.15, 0.2) is 0 Å². The molecule has 0 unspecified atom stereocenters. The molecule has 0 bridgehead atoms. The van der Waals surface area contributed by atoms with E-state index in [2.05, 4.69) is 0 Å². The third-order valence-corrected chi connectivity index (χ3v) is 5.71. The summed E-state index contributed by atoms with van der Waals surface area (Å²) in [5.41, 5.74) is 3.71. The highest BCUT2D eigenvalue weighted by Crippen LogP contribution is 2.32. The van der Waals surface area contributed by atoms with E-state index in [1.165, 1.54) is 12.1 Å². The number of carbonyl (C=O) groups excluding carboxylic acids is 1. The molecule has 2 heterocycles. The minimum atomic E-state index is -0.292. The normalized spacial score (nSPS) is 16.2. The summed E-state index contributed by atoms with van der Waals surface area (Å²) in [6.45, 7) is 0.723. The standard InChI is InChI=1S/C24H22ClFN2O/c25-21-7-2-1-5-18(21)16-20-6-3-8-22(27-20)23-9-4-14-28(23)24(29)15-17-10-12-19(26)13-11-17/h1-3,5-8,10-13,23H,4,9,14-16H2/t23-/m0/s1. The summed E-state index contributed by atoms with van der Waals surface area (Å²) in [4.78, 5) is 19.6. The number of nitrogens with zero attached hydrogens (tertiary/aromatic N) is 2. The van der Waals surface area contributed by atoms with Gasteiger partial charge in [-0.3, -0.25) is 9.78 Å². The molecule has 1 fully saturated rings. The number of carbonyl (C=O) groups is 1. The van der Waals surface area contributed by atoms with Gasteiger partial charge in [-0.1, -0.05) is 48.0 Å². The van der Waals surface area contributed by atoms with Gasteiger partial charge in [0.05, 0.1) is 18.2 Å². The average molecular weight is 409 g/mol. The highest BCUT2D eigenvalue weighted by Gasteiger charge is 2.30. The number of benzene rings is 2. The Morgan fingerprint density at radius 3 is 2.66 bits per heavy atom. The van der Waals surface area contributed by atoms with Crippen LogP contribution in [0.2, 0.25) is 5.02 Å². The Bertz CT molecular complexity index is 1010. The van der Waals surface area contributed by atoms with Crippen LogP contribution in [0.5, 0.6) is 0 Å². The first-order valence-corrected chi connectivity index (χ1v) is 10.2. The number of aromatic nitrogens is 1. The van der Waals surface area contributed by atoms with Crippen molar-refractivity contribution in [3.63, 3.8) is 0 Å². The Morgan fingerprint density at radius 2 is 1.86 bits per heavy atom. The van der Waals surface area contributed by atoms with Gasteiger partial charge in [-0.25, -0.2) is 4.39 Å². The van der Waals surface area contributed by atoms with Gasteiger partial charge in [-0.2, -0.15) is 0 Å². The smallest absolute Gasteiger partial charge is 0.227 e. The van der Waals surface area contributed by atoms with Crippen molar-refractivity contribution in [1.82, 2.24) is 9.88 Å². The highest BCUT2D eigenvalue weighted by molar-refractivity contribution is 6.31. The maximum Gasteiger partial charge on any atom is 0.227 e. The summed E-state index contributed by atoms with van der Waals surface area (Å²) < 4.78 is 13.1. The number of likely N-dealkylation sites (tertiary alicyclic amines) is 1. The van der Waals surface area contributed by atoms with Crippen molar-refractivity contribution in [2.45, 2.75) is 31.7 Å². The summed E-state index contributed by atoms with van der Waals surface area (Å²) in [6.07, 6.45) is 2.79. The average Bonchev–Trinajstić information content (AvgIpc) is 3.22. The molecule has 0 N–H and O–H groups in total. The van der Waals surface area contributed by atoms with Crippen molar-refractivity contribution in [2.75, 3.05) is 6.54 Å². The van der Waals surface area contributed by atoms with Gasteiger partial charge >= 0.3 is 0 Å². The molecule has 4 rings (SSSR count). The van der Waals surface area contributed by atoms with E-state index in [1.807, 2.05) is 47.4 Å². The van der Waals surface area contributed by atoms with E-state index in [-0.39, 0.29) is 24.2 Å². The van der Waals surface area contributed by atoms with E-state index >= 15 is 0 Å². The SMILES string of the molecule is O=C(Cc1ccc(F)cc1)N1CCC[C@H]1c1cccc(Cc2ccccc2Cl)n1. The summed E-state index contributed by atoms with van der Waals surface area (Å²) in [5.74, 6) is -0.239. The fraction of sp³-hybridized carbons (Fsp3) is 0.250. The van der Waals surface area contributed by atoms with Gasteiger partial charge in [0, 0.05) is 23.7 Å². The second kappa shape index (κ2) is 8.75. The van der Waals surface area contributed by atoms with Crippen LogP contribution in [0.1, 0.15) is 41.4 Å². The lowest BCUT2D eigenvalue weighted by molar-refractivity contribution is -0.131. The molecule has 0 saturated carbocycles. The molecular formula is C24H22ClFN2O. The first kappa shape index (κ1) is 19.6. The summed E-state index contributed by atoms with van der Waals surface area (Å²) >= 11 is 6.29. The molecular weight excluding hydrogens is 387 g/mol. The van der Waals surface area contributed by atoms with Gasteiger partial charge < -0.3 is 4.90 Å². The van der Waals surface area contributed by atoms with Crippen LogP contribution in [0.4, 0.5) is 4.39 Å². The van der Waals surface area contributed by atoms with E-state index in [4.69, 9.17) is 16.6 Å². The van der Waals surface area contributed by atoms with Crippen molar-refractivity contribution in [2.24, 2.45) is 0 Å². The summed E-state index contributed by atoms with van der Waals surface area (Å²) in [6, 6.07) is 19.9. The molecule has 1 aliphatic heterocycles. The predicted molar refractivity (Wildman–Crippen MR) is 112 cm³/mol. The largest absolute Gasteiger partial charge is 0.334 e. The van der Waals surface area contributed by atoms with Crippen molar-refractivity contribution in [3.05, 3.63) is 100 Å². The van der Waals surface area contributed by atoms with Crippen LogP contribution >= 0.6 is 11.6 Å². The van der Waals surface area contributed by atoms with Crippen LogP contribution in [0, 0.1) is 5.82 Å². The molecule has 0 aliphatic carbocycles. The molecule has 148 valence electrons. The molecule has 3 nitrogen and oxygen atoms in total. The van der Waals surface area contributed by atoms with Gasteiger partial charge in [0.25, 0.3) is 0 Å². The second-order valence-corrected chi connectivity index (χ2v) is 7.78. The zero-order chi connectivity index (χ0) is 20.2. The van der Waals surface area contributed by atoms with Crippen LogP contribution in [0.15, 0.2) is 66.7 Å². The van der Waals surface area contributed by atoms with Crippen molar-refractivity contribution in [3.8, 4) is 0 Å². The van der Waals surface area contributed by atoms with E-state index in [9.17, 15) is 9.18 Å². The number of hydrogen-bond acceptors (Lipinski definition) is 2. The zero-order valence-electron chi connectivity index (χ0n) is 16.0. The fourth-order valence-corrected chi connectivity index (χ4v) is 4.07. The van der Waals surface area contributed by atoms with Crippen LogP contribution < -0.4 is 0 Å². The quantitative estimate of drug-likeness (QED) is 0.568. The van der Waals surface area contributed by atoms with Crippen LogP contribution in [0.3, 0.4) is 0 Å². The van der Waals surface area contributed by atoms with Crippen molar-refractivity contribution < 1.29 is 9.18 Å². The topological polar surface area (TPSA) is 33.2 Å². The summed E-state index contributed by atoms with van der Waals surface area (Å²) in [5, 5.41) is 0.733. The minimum Gasteiger partial charge on any atom is -0.334 e. The lowest BCUT2D eigenvalue weighted by Crippen LogP contribution is -2.32. The van der Waals surface area contributed by atoms with E-state index in [1.54, 1.807) is 12.1 Å². The van der Waals surface area contributed by atoms with E-state index in [0.717, 1.165) is 46.9 Å². The first-order chi connectivity index (χ1) is 14.1. The van der Waals surface area contributed by atoms with Crippen LogP contribution in [0.25, 0.3) is 0 Å². The molecule has 3 aromatic rings. The Kier molecular flexibility index (Phi) is 5.91. The van der Waals surface area contributed by atoms with E-state index in [0.29, 0.717) is 6.42 Å². The molecule has 1 amide bonds. The Morgan fingerprint density at radius 1 is 1.07 bits per heavy atom. The number of rotatable bonds is 5. The van der Waals surface area contributed by atoms with Gasteiger partial charge in [0.1, 0.15) is 5.82 Å². The molecule has 1 aromatic heterocycles. The van der Waals surface area contributed by atoms with Gasteiger partial charge in [-0.15, -0.1) is 0 Å². The monoisotopic (exact) mass is 408 g/mol. The number of pyridine rings is 1. The lowest BCUT2D eigenvalue weighted by atomic mass is 10.1. The lowest BCUT2D eigenvalue weighted by Gasteiger charge is -2.25. The van der Waals surface area contributed by atoms with Crippen LogP contribution in [-0.2, 0) is 17.6 Å². The molecule has 1 atom stereocenters. The predicted octanol–water partition coefficient (Wildman–Crippen LogP) is 5.37. The number of amides is 1. The van der Waals surface area contributed by atoms with Crippen LogP contribution in [-0.4, -0.2) is 22.3 Å². The number of hydrogen-bond donors (Lipinski definition) is 0. The maximum absolute atomic E-state index is 13.1. The fourth-order valence-electron chi connectivity index (χ4n) is 3.87. The Labute approximate surface area is 175 Å². The molecule has 1 aliphatic rings. The second-order valence-electron chi connectivity index (χ2n) is 7.37. The molecule has 2 aromatic carbocycles. The van der Waals surface area contributed by atoms with E-state index < -0.39 is 0 Å². The third kappa shape index (κ3) is 4.65. The van der Waals surface area contributed by atoms with Crippen molar-refractivity contribution >= 4 is 17.5 Å². The maximum atomic E-state index is 13.1. The minimum absolute atomic E-state index is 0.0193. The van der Waals surface area contributed by atoms with Crippen molar-refractivity contribution in [1.29, 1.82) is 0 Å². The molecule has 29 heavy (non-hydrogen) atoms. The highest BCUT2D eigenvalue weighted by atomic mass is 35.5. The zero-order valence-corrected chi connectivity index (χ0v) is 16.8. The molecule has 0 radical (unpaired) electrons. The Hall–Kier alpha value is -2.72. The molecule has 5 heteroatoms. The molecule has 1 saturated heterocycles. The Balaban J connectivity index is 1.50. The van der Waals surface area contributed by atoms with Gasteiger partial charge in [-0.05, 0) is 54.3 Å². The summed E-state index contributed by atoms with van der Waals surface area (Å²) in [7, 11) is 0.